The second-order valence-corrected chi connectivity index (χ2v) is 9.34. The number of hydrogen-bond acceptors (Lipinski definition) is 3. The highest BCUT2D eigenvalue weighted by molar-refractivity contribution is 6.34. The van der Waals surface area contributed by atoms with Crippen molar-refractivity contribution in [2.75, 3.05) is 18.4 Å². The first-order valence-electron chi connectivity index (χ1n) is 12.1. The molecule has 3 aromatic carbocycles. The number of halogens is 2. The Labute approximate surface area is 220 Å². The van der Waals surface area contributed by atoms with Crippen LogP contribution in [0.4, 0.5) is 14.9 Å². The summed E-state index contributed by atoms with van der Waals surface area (Å²) < 4.78 is 21.6. The minimum Gasteiger partial charge on any atom is -0.408 e. The number of aromatic nitrogens is 1. The van der Waals surface area contributed by atoms with Gasteiger partial charge in [0.05, 0.1) is 21.8 Å². The van der Waals surface area contributed by atoms with E-state index in [2.05, 4.69) is 41.9 Å². The van der Waals surface area contributed by atoms with Gasteiger partial charge in [-0.15, -0.1) is 0 Å². The van der Waals surface area contributed by atoms with Crippen molar-refractivity contribution in [3.63, 3.8) is 0 Å². The van der Waals surface area contributed by atoms with Crippen LogP contribution in [0, 0.1) is 19.7 Å². The number of rotatable bonds is 7. The normalized spacial score (nSPS) is 11.0. The predicted octanol–water partition coefficient (Wildman–Crippen LogP) is 7.19. The van der Waals surface area contributed by atoms with Crippen molar-refractivity contribution in [1.82, 2.24) is 9.47 Å². The van der Waals surface area contributed by atoms with Gasteiger partial charge in [-0.05, 0) is 69.7 Å². The first-order chi connectivity index (χ1) is 17.7. The van der Waals surface area contributed by atoms with E-state index in [1.165, 1.54) is 28.2 Å². The summed E-state index contributed by atoms with van der Waals surface area (Å²) in [4.78, 5) is 27.4. The van der Waals surface area contributed by atoms with E-state index in [4.69, 9.17) is 16.3 Å². The molecule has 0 aliphatic rings. The Morgan fingerprint density at radius 2 is 1.70 bits per heavy atom. The number of carbonyl (C=O) groups excluding carboxylic acids is 2. The molecule has 192 valence electrons. The molecule has 4 aromatic rings. The average Bonchev–Trinajstić information content (AvgIpc) is 3.25. The third kappa shape index (κ3) is 5.78. The number of carbonyl (C=O) groups is 2. The molecule has 1 N–H and O–H groups in total. The lowest BCUT2D eigenvalue weighted by Gasteiger charge is -2.20. The van der Waals surface area contributed by atoms with Gasteiger partial charge in [0, 0.05) is 31.2 Å². The van der Waals surface area contributed by atoms with E-state index in [-0.39, 0.29) is 16.3 Å². The second kappa shape index (κ2) is 11.0. The fraction of sp³-hybridized carbons (Fsp3) is 0.241. The molecule has 0 bridgehead atoms. The van der Waals surface area contributed by atoms with Crippen molar-refractivity contribution in [2.24, 2.45) is 0 Å². The molecule has 0 saturated carbocycles. The largest absolute Gasteiger partial charge is 0.415 e. The van der Waals surface area contributed by atoms with E-state index < -0.39 is 17.8 Å². The molecular formula is C29H29ClFN3O3. The van der Waals surface area contributed by atoms with Gasteiger partial charge in [-0.2, -0.15) is 0 Å². The number of nitrogens with zero attached hydrogens (tertiary/aromatic N) is 2. The molecule has 0 saturated heterocycles. The van der Waals surface area contributed by atoms with Crippen molar-refractivity contribution in [3.8, 4) is 5.75 Å². The van der Waals surface area contributed by atoms with Crippen molar-refractivity contribution in [1.29, 1.82) is 0 Å². The van der Waals surface area contributed by atoms with Crippen molar-refractivity contribution < 1.29 is 18.7 Å². The standard InChI is InChI=1S/C29H29ClFN3O3/c1-5-33(6-2)29(36)37-26-10-9-25-22(11-12-34(25)17-20-14-18(3)13-19(4)15-20)27(26)32-28(35)23-16-21(31)7-8-24(23)30/h7-16H,5-6,17H2,1-4H3,(H,32,35). The second-order valence-electron chi connectivity index (χ2n) is 8.93. The van der Waals surface area contributed by atoms with Crippen LogP contribution in [0.25, 0.3) is 10.9 Å². The molecule has 0 aliphatic carbocycles. The fourth-order valence-electron chi connectivity index (χ4n) is 4.45. The smallest absolute Gasteiger partial charge is 0.408 e. The Morgan fingerprint density at radius 1 is 1.00 bits per heavy atom. The van der Waals surface area contributed by atoms with E-state index in [1.54, 1.807) is 6.07 Å². The van der Waals surface area contributed by atoms with Gasteiger partial charge in [-0.1, -0.05) is 40.9 Å². The molecule has 37 heavy (non-hydrogen) atoms. The number of anilines is 1. The zero-order chi connectivity index (χ0) is 26.7. The molecule has 0 aliphatic heterocycles. The van der Waals surface area contributed by atoms with Crippen LogP contribution in [-0.4, -0.2) is 34.6 Å². The number of amides is 2. The third-order valence-corrected chi connectivity index (χ3v) is 6.51. The maximum absolute atomic E-state index is 13.9. The SMILES string of the molecule is CCN(CC)C(=O)Oc1ccc2c(ccn2Cc2cc(C)cc(C)c2)c1NC(=O)c1cc(F)ccc1Cl. The van der Waals surface area contributed by atoms with E-state index in [0.29, 0.717) is 30.7 Å². The molecule has 8 heteroatoms. The molecule has 2 amide bonds. The molecule has 1 heterocycles. The summed E-state index contributed by atoms with van der Waals surface area (Å²) in [7, 11) is 0. The number of nitrogens with one attached hydrogen (secondary N) is 1. The molecule has 0 atom stereocenters. The van der Waals surface area contributed by atoms with Crippen LogP contribution in [0.15, 0.2) is 60.8 Å². The summed E-state index contributed by atoms with van der Waals surface area (Å²) >= 11 is 6.18. The van der Waals surface area contributed by atoms with Crippen LogP contribution in [0.1, 0.15) is 40.9 Å². The van der Waals surface area contributed by atoms with Crippen LogP contribution >= 0.6 is 11.6 Å². The molecule has 6 nitrogen and oxygen atoms in total. The summed E-state index contributed by atoms with van der Waals surface area (Å²) in [5, 5.41) is 3.60. The Hall–Kier alpha value is -3.84. The van der Waals surface area contributed by atoms with Gasteiger partial charge in [0.15, 0.2) is 5.75 Å². The summed E-state index contributed by atoms with van der Waals surface area (Å²) in [6, 6.07) is 15.3. The van der Waals surface area contributed by atoms with E-state index in [1.807, 2.05) is 32.2 Å². The highest BCUT2D eigenvalue weighted by atomic mass is 35.5. The molecule has 0 spiro atoms. The molecule has 1 aromatic heterocycles. The van der Waals surface area contributed by atoms with Gasteiger partial charge in [-0.25, -0.2) is 9.18 Å². The van der Waals surface area contributed by atoms with Gasteiger partial charge < -0.3 is 19.5 Å². The predicted molar refractivity (Wildman–Crippen MR) is 145 cm³/mol. The van der Waals surface area contributed by atoms with E-state index in [9.17, 15) is 14.0 Å². The maximum atomic E-state index is 13.9. The third-order valence-electron chi connectivity index (χ3n) is 6.18. The van der Waals surface area contributed by atoms with Gasteiger partial charge in [0.1, 0.15) is 5.82 Å². The Kier molecular flexibility index (Phi) is 7.83. The number of aryl methyl sites for hydroxylation is 2. The van der Waals surface area contributed by atoms with Crippen LogP contribution < -0.4 is 10.1 Å². The number of hydrogen-bond donors (Lipinski definition) is 1. The Balaban J connectivity index is 1.77. The lowest BCUT2D eigenvalue weighted by Crippen LogP contribution is -2.33. The summed E-state index contributed by atoms with van der Waals surface area (Å²) in [6.07, 6.45) is 1.39. The first kappa shape index (κ1) is 26.2. The summed E-state index contributed by atoms with van der Waals surface area (Å²) in [6.45, 7) is 9.41. The van der Waals surface area contributed by atoms with Gasteiger partial charge in [0.2, 0.25) is 0 Å². The first-order valence-corrected chi connectivity index (χ1v) is 12.5. The fourth-order valence-corrected chi connectivity index (χ4v) is 4.66. The molecule has 0 radical (unpaired) electrons. The molecule has 4 rings (SSSR count). The number of benzene rings is 3. The van der Waals surface area contributed by atoms with Crippen LogP contribution in [0.3, 0.4) is 0 Å². The topological polar surface area (TPSA) is 63.6 Å². The molecule has 0 fully saturated rings. The van der Waals surface area contributed by atoms with Crippen molar-refractivity contribution in [3.05, 3.63) is 93.9 Å². The summed E-state index contributed by atoms with van der Waals surface area (Å²) in [5.41, 5.74) is 4.62. The maximum Gasteiger partial charge on any atom is 0.415 e. The van der Waals surface area contributed by atoms with Gasteiger partial charge in [0.25, 0.3) is 5.91 Å². The number of ether oxygens (including phenoxy) is 1. The van der Waals surface area contributed by atoms with Crippen LogP contribution in [-0.2, 0) is 6.54 Å². The number of fused-ring (bicyclic) bond motifs is 1. The minimum atomic E-state index is -0.612. The monoisotopic (exact) mass is 521 g/mol. The van der Waals surface area contributed by atoms with Crippen molar-refractivity contribution in [2.45, 2.75) is 34.2 Å². The Bertz CT molecular complexity index is 1460. The lowest BCUT2D eigenvalue weighted by atomic mass is 10.1. The quantitative estimate of drug-likeness (QED) is 0.280. The lowest BCUT2D eigenvalue weighted by molar-refractivity contribution is 0.102. The van der Waals surface area contributed by atoms with Crippen LogP contribution in [0.2, 0.25) is 5.02 Å². The zero-order valence-corrected chi connectivity index (χ0v) is 22.0. The highest BCUT2D eigenvalue weighted by Crippen LogP contribution is 2.36. The zero-order valence-electron chi connectivity index (χ0n) is 21.3. The Morgan fingerprint density at radius 3 is 2.38 bits per heavy atom. The molecular weight excluding hydrogens is 493 g/mol. The highest BCUT2D eigenvalue weighted by Gasteiger charge is 2.21. The molecule has 0 unspecified atom stereocenters. The van der Waals surface area contributed by atoms with Gasteiger partial charge in [-0.3, -0.25) is 4.79 Å². The minimum absolute atomic E-state index is 0.0191. The van der Waals surface area contributed by atoms with Gasteiger partial charge >= 0.3 is 6.09 Å². The van der Waals surface area contributed by atoms with Crippen molar-refractivity contribution >= 4 is 40.2 Å². The van der Waals surface area contributed by atoms with E-state index in [0.717, 1.165) is 17.1 Å². The summed E-state index contributed by atoms with van der Waals surface area (Å²) in [5.74, 6) is -1.01. The van der Waals surface area contributed by atoms with Crippen LogP contribution in [0.5, 0.6) is 5.75 Å². The average molecular weight is 522 g/mol. The van der Waals surface area contributed by atoms with E-state index >= 15 is 0 Å².